The fraction of sp³-hybridized carbons (Fsp3) is 0.179. The van der Waals surface area contributed by atoms with E-state index in [1.807, 2.05) is 79.9 Å². The zero-order chi connectivity index (χ0) is 24.4. The van der Waals surface area contributed by atoms with E-state index < -0.39 is 6.04 Å². The molecule has 176 valence electrons. The molecule has 0 radical (unpaired) electrons. The highest BCUT2D eigenvalue weighted by atomic mass is 32.1. The first-order chi connectivity index (χ1) is 17.1. The zero-order valence-corrected chi connectivity index (χ0v) is 20.4. The Bertz CT molecular complexity index is 1500. The molecular formula is C28H25N3O3S. The molecule has 0 bridgehead atoms. The van der Waals surface area contributed by atoms with Gasteiger partial charge in [-0.3, -0.25) is 14.2 Å². The fourth-order valence-electron chi connectivity index (χ4n) is 4.29. The monoisotopic (exact) mass is 483 g/mol. The molecule has 3 heterocycles. The van der Waals surface area contributed by atoms with Gasteiger partial charge in [0.15, 0.2) is 0 Å². The largest absolute Gasteiger partial charge is 0.467 e. The number of aryl methyl sites for hydroxylation is 1. The Balaban J connectivity index is 1.73. The van der Waals surface area contributed by atoms with E-state index in [0.29, 0.717) is 39.5 Å². The van der Waals surface area contributed by atoms with Crippen LogP contribution in [0.2, 0.25) is 0 Å². The number of thiophene rings is 1. The van der Waals surface area contributed by atoms with Crippen LogP contribution >= 0.6 is 11.3 Å². The van der Waals surface area contributed by atoms with Crippen molar-refractivity contribution in [3.8, 4) is 5.69 Å². The predicted molar refractivity (Wildman–Crippen MR) is 138 cm³/mol. The van der Waals surface area contributed by atoms with E-state index in [1.165, 1.54) is 11.3 Å². The highest BCUT2D eigenvalue weighted by Crippen LogP contribution is 2.30. The SMILES string of the molecule is CCC(c1nc2ccccc2c(=O)n1-c1ccc(C)cc1)N(Cc1ccco1)C(=O)c1cccs1. The molecule has 7 heteroatoms. The third kappa shape index (κ3) is 4.42. The number of amides is 1. The minimum absolute atomic E-state index is 0.124. The van der Waals surface area contributed by atoms with Gasteiger partial charge in [-0.15, -0.1) is 11.3 Å². The van der Waals surface area contributed by atoms with Crippen molar-refractivity contribution < 1.29 is 9.21 Å². The van der Waals surface area contributed by atoms with Crippen LogP contribution in [0.25, 0.3) is 16.6 Å². The predicted octanol–water partition coefficient (Wildman–Crippen LogP) is 6.14. The van der Waals surface area contributed by atoms with Gasteiger partial charge in [0.2, 0.25) is 0 Å². The van der Waals surface area contributed by atoms with Gasteiger partial charge in [-0.2, -0.15) is 0 Å². The molecule has 0 aliphatic rings. The molecule has 0 saturated carbocycles. The van der Waals surface area contributed by atoms with Crippen molar-refractivity contribution in [2.75, 3.05) is 0 Å². The van der Waals surface area contributed by atoms with Crippen molar-refractivity contribution in [3.63, 3.8) is 0 Å². The standard InChI is InChI=1S/C28H25N3O3S/c1-3-24(30(18-21-8-6-16-34-21)28(33)25-11-7-17-35-25)26-29-23-10-5-4-9-22(23)27(32)31(26)20-14-12-19(2)13-15-20/h4-17,24H,3,18H2,1-2H3. The quantitative estimate of drug-likeness (QED) is 0.279. The van der Waals surface area contributed by atoms with Crippen LogP contribution in [-0.2, 0) is 6.54 Å². The van der Waals surface area contributed by atoms with Crippen molar-refractivity contribution in [2.24, 2.45) is 0 Å². The second kappa shape index (κ2) is 9.72. The maximum absolute atomic E-state index is 13.8. The van der Waals surface area contributed by atoms with Crippen LogP contribution in [-0.4, -0.2) is 20.4 Å². The summed E-state index contributed by atoms with van der Waals surface area (Å²) in [4.78, 5) is 34.9. The summed E-state index contributed by atoms with van der Waals surface area (Å²) in [5.41, 5.74) is 2.26. The highest BCUT2D eigenvalue weighted by Gasteiger charge is 2.31. The van der Waals surface area contributed by atoms with E-state index in [1.54, 1.807) is 27.9 Å². The van der Waals surface area contributed by atoms with E-state index in [4.69, 9.17) is 9.40 Å². The number of aromatic nitrogens is 2. The maximum atomic E-state index is 13.8. The minimum atomic E-state index is -0.465. The van der Waals surface area contributed by atoms with Crippen molar-refractivity contribution in [3.05, 3.63) is 117 Å². The number of para-hydroxylation sites is 1. The fourth-order valence-corrected chi connectivity index (χ4v) is 4.97. The Morgan fingerprint density at radius 2 is 1.86 bits per heavy atom. The van der Waals surface area contributed by atoms with Gasteiger partial charge in [-0.25, -0.2) is 4.98 Å². The van der Waals surface area contributed by atoms with E-state index >= 15 is 0 Å². The van der Waals surface area contributed by atoms with E-state index in [-0.39, 0.29) is 18.0 Å². The zero-order valence-electron chi connectivity index (χ0n) is 19.5. The normalized spacial score (nSPS) is 12.1. The lowest BCUT2D eigenvalue weighted by Gasteiger charge is -2.31. The first-order valence-corrected chi connectivity index (χ1v) is 12.4. The maximum Gasteiger partial charge on any atom is 0.266 e. The van der Waals surface area contributed by atoms with E-state index in [9.17, 15) is 9.59 Å². The molecule has 5 aromatic rings. The Morgan fingerprint density at radius 3 is 2.54 bits per heavy atom. The molecule has 0 N–H and O–H groups in total. The molecule has 2 aromatic carbocycles. The number of nitrogens with zero attached hydrogens (tertiary/aromatic N) is 3. The molecule has 35 heavy (non-hydrogen) atoms. The summed E-state index contributed by atoms with van der Waals surface area (Å²) in [6.07, 6.45) is 2.16. The molecule has 0 aliphatic carbocycles. The summed E-state index contributed by atoms with van der Waals surface area (Å²) in [5, 5.41) is 2.42. The lowest BCUT2D eigenvalue weighted by atomic mass is 10.1. The van der Waals surface area contributed by atoms with Gasteiger partial charge in [-0.05, 0) is 61.2 Å². The van der Waals surface area contributed by atoms with Gasteiger partial charge in [0.25, 0.3) is 11.5 Å². The molecule has 3 aromatic heterocycles. The third-order valence-electron chi connectivity index (χ3n) is 6.05. The number of rotatable bonds is 7. The smallest absolute Gasteiger partial charge is 0.266 e. The van der Waals surface area contributed by atoms with Crippen molar-refractivity contribution in [1.29, 1.82) is 0 Å². The molecule has 1 unspecified atom stereocenters. The number of fused-ring (bicyclic) bond motifs is 1. The molecule has 0 aliphatic heterocycles. The minimum Gasteiger partial charge on any atom is -0.467 e. The van der Waals surface area contributed by atoms with E-state index in [0.717, 1.165) is 5.56 Å². The van der Waals surface area contributed by atoms with Gasteiger partial charge in [0.1, 0.15) is 11.6 Å². The summed E-state index contributed by atoms with van der Waals surface area (Å²) >= 11 is 1.39. The average molecular weight is 484 g/mol. The Labute approximate surface area is 207 Å². The highest BCUT2D eigenvalue weighted by molar-refractivity contribution is 7.12. The molecule has 1 amide bonds. The summed E-state index contributed by atoms with van der Waals surface area (Å²) in [6, 6.07) is 22.0. The summed E-state index contributed by atoms with van der Waals surface area (Å²) in [7, 11) is 0. The van der Waals surface area contributed by atoms with Crippen LogP contribution in [0, 0.1) is 6.92 Å². The lowest BCUT2D eigenvalue weighted by molar-refractivity contribution is 0.0629. The lowest BCUT2D eigenvalue weighted by Crippen LogP contribution is -2.38. The second-order valence-corrected chi connectivity index (χ2v) is 9.32. The van der Waals surface area contributed by atoms with Crippen LogP contribution in [0.5, 0.6) is 0 Å². The van der Waals surface area contributed by atoms with Crippen molar-refractivity contribution in [1.82, 2.24) is 14.5 Å². The molecule has 0 saturated heterocycles. The second-order valence-electron chi connectivity index (χ2n) is 8.38. The van der Waals surface area contributed by atoms with Gasteiger partial charge in [0, 0.05) is 0 Å². The van der Waals surface area contributed by atoms with Gasteiger partial charge in [-0.1, -0.05) is 42.8 Å². The van der Waals surface area contributed by atoms with Crippen LogP contribution in [0.4, 0.5) is 0 Å². The third-order valence-corrected chi connectivity index (χ3v) is 6.91. The van der Waals surface area contributed by atoms with Gasteiger partial charge in [0.05, 0.1) is 40.3 Å². The molecule has 0 fully saturated rings. The van der Waals surface area contributed by atoms with Crippen LogP contribution in [0.3, 0.4) is 0 Å². The number of carbonyl (C=O) groups is 1. The van der Waals surface area contributed by atoms with Crippen molar-refractivity contribution in [2.45, 2.75) is 32.9 Å². The summed E-state index contributed by atoms with van der Waals surface area (Å²) < 4.78 is 7.25. The van der Waals surface area contributed by atoms with Crippen LogP contribution in [0.15, 0.2) is 93.7 Å². The number of carbonyl (C=O) groups excluding carboxylic acids is 1. The summed E-state index contributed by atoms with van der Waals surface area (Å²) in [6.45, 7) is 4.27. The van der Waals surface area contributed by atoms with Gasteiger partial charge >= 0.3 is 0 Å². The van der Waals surface area contributed by atoms with Gasteiger partial charge < -0.3 is 9.32 Å². The Kier molecular flexibility index (Phi) is 6.33. The number of furan rings is 1. The van der Waals surface area contributed by atoms with E-state index in [2.05, 4.69) is 0 Å². The van der Waals surface area contributed by atoms with Crippen molar-refractivity contribution >= 4 is 28.1 Å². The summed E-state index contributed by atoms with van der Waals surface area (Å²) in [5.74, 6) is 1.07. The Morgan fingerprint density at radius 1 is 1.06 bits per heavy atom. The van der Waals surface area contributed by atoms with Crippen LogP contribution in [0.1, 0.15) is 46.2 Å². The molecule has 1 atom stereocenters. The Hall–Kier alpha value is -3.97. The molecule has 0 spiro atoms. The molecule has 6 nitrogen and oxygen atoms in total. The first-order valence-electron chi connectivity index (χ1n) is 11.5. The number of hydrogen-bond acceptors (Lipinski definition) is 5. The molecular weight excluding hydrogens is 458 g/mol. The molecule has 5 rings (SSSR count). The van der Waals surface area contributed by atoms with Crippen LogP contribution < -0.4 is 5.56 Å². The first kappa shape index (κ1) is 22.8. The topological polar surface area (TPSA) is 68.3 Å². The number of hydrogen-bond donors (Lipinski definition) is 0. The number of benzene rings is 2. The average Bonchev–Trinajstić information content (AvgIpc) is 3.59.